The van der Waals surface area contributed by atoms with Crippen molar-refractivity contribution >= 4 is 16.7 Å². The molecule has 3 heteroatoms. The monoisotopic (exact) mass is 230 g/mol. The van der Waals surface area contributed by atoms with Crippen molar-refractivity contribution in [1.29, 1.82) is 0 Å². The predicted octanol–water partition coefficient (Wildman–Crippen LogP) is 3.29. The molecular formula is C14H18N2O. The maximum absolute atomic E-state index is 5.28. The van der Waals surface area contributed by atoms with Crippen molar-refractivity contribution in [3.05, 3.63) is 29.3 Å². The number of nitrogens with one attached hydrogen (secondary N) is 1. The summed E-state index contributed by atoms with van der Waals surface area (Å²) in [6.07, 6.45) is 0. The van der Waals surface area contributed by atoms with Crippen molar-refractivity contribution in [1.82, 2.24) is 4.98 Å². The van der Waals surface area contributed by atoms with Crippen LogP contribution in [0.2, 0.25) is 0 Å². The summed E-state index contributed by atoms with van der Waals surface area (Å²) in [7, 11) is 1.69. The highest BCUT2D eigenvalue weighted by molar-refractivity contribution is 5.86. The molecule has 0 saturated heterocycles. The molecule has 0 aliphatic carbocycles. The average Bonchev–Trinajstić information content (AvgIpc) is 2.31. The van der Waals surface area contributed by atoms with Gasteiger partial charge in [0.05, 0.1) is 12.6 Å². The van der Waals surface area contributed by atoms with Gasteiger partial charge in [-0.2, -0.15) is 0 Å². The van der Waals surface area contributed by atoms with E-state index in [1.165, 1.54) is 0 Å². The Balaban J connectivity index is 2.65. The van der Waals surface area contributed by atoms with Crippen LogP contribution in [0.5, 0.6) is 5.75 Å². The zero-order chi connectivity index (χ0) is 12.4. The number of hydrogen-bond acceptors (Lipinski definition) is 3. The molecule has 3 nitrogen and oxygen atoms in total. The van der Waals surface area contributed by atoms with Crippen LogP contribution >= 0.6 is 0 Å². The molecule has 17 heavy (non-hydrogen) atoms. The largest absolute Gasteiger partial charge is 0.497 e. The minimum Gasteiger partial charge on any atom is -0.497 e. The van der Waals surface area contributed by atoms with Gasteiger partial charge in [-0.1, -0.05) is 0 Å². The zero-order valence-corrected chi connectivity index (χ0v) is 10.8. The summed E-state index contributed by atoms with van der Waals surface area (Å²) in [6, 6.07) is 6.19. The number of rotatable bonds is 3. The molecule has 90 valence electrons. The second-order valence-electron chi connectivity index (χ2n) is 4.20. The van der Waals surface area contributed by atoms with Gasteiger partial charge in [-0.3, -0.25) is 0 Å². The predicted molar refractivity (Wildman–Crippen MR) is 71.9 cm³/mol. The molecule has 1 aromatic carbocycles. The Morgan fingerprint density at radius 2 is 1.94 bits per heavy atom. The van der Waals surface area contributed by atoms with E-state index in [0.29, 0.717) is 0 Å². The fraction of sp³-hybridized carbons (Fsp3) is 0.357. The van der Waals surface area contributed by atoms with Gasteiger partial charge in [-0.25, -0.2) is 4.98 Å². The highest BCUT2D eigenvalue weighted by atomic mass is 16.5. The summed E-state index contributed by atoms with van der Waals surface area (Å²) < 4.78 is 5.28. The van der Waals surface area contributed by atoms with Crippen LogP contribution in [0.1, 0.15) is 18.1 Å². The molecular weight excluding hydrogens is 212 g/mol. The van der Waals surface area contributed by atoms with Crippen LogP contribution in [0, 0.1) is 13.8 Å². The standard InChI is InChI=1S/C14H18N2O/c1-5-15-14-10(3)6-11-8-12(17-4)7-9(2)13(11)16-14/h6-8H,5H2,1-4H3,(H,15,16). The van der Waals surface area contributed by atoms with Crippen LogP contribution in [0.15, 0.2) is 18.2 Å². The zero-order valence-electron chi connectivity index (χ0n) is 10.8. The lowest BCUT2D eigenvalue weighted by molar-refractivity contribution is 0.415. The van der Waals surface area contributed by atoms with E-state index in [-0.39, 0.29) is 0 Å². The summed E-state index contributed by atoms with van der Waals surface area (Å²) in [6.45, 7) is 7.09. The van der Waals surface area contributed by atoms with E-state index in [9.17, 15) is 0 Å². The van der Waals surface area contributed by atoms with Crippen molar-refractivity contribution in [3.8, 4) is 5.75 Å². The van der Waals surface area contributed by atoms with Gasteiger partial charge in [0, 0.05) is 11.9 Å². The summed E-state index contributed by atoms with van der Waals surface area (Å²) in [5.74, 6) is 1.85. The molecule has 0 aliphatic heterocycles. The molecule has 0 spiro atoms. The molecule has 0 atom stereocenters. The number of methoxy groups -OCH3 is 1. The SMILES string of the molecule is CCNc1nc2c(C)cc(OC)cc2cc1C. The first kappa shape index (κ1) is 11.7. The van der Waals surface area contributed by atoms with Crippen molar-refractivity contribution < 1.29 is 4.74 Å². The van der Waals surface area contributed by atoms with Gasteiger partial charge in [0.1, 0.15) is 11.6 Å². The Morgan fingerprint density at radius 3 is 2.59 bits per heavy atom. The number of aryl methyl sites for hydroxylation is 2. The number of hydrogen-bond donors (Lipinski definition) is 1. The van der Waals surface area contributed by atoms with Gasteiger partial charge < -0.3 is 10.1 Å². The maximum Gasteiger partial charge on any atom is 0.129 e. The molecule has 0 bridgehead atoms. The van der Waals surface area contributed by atoms with E-state index in [1.54, 1.807) is 7.11 Å². The molecule has 1 N–H and O–H groups in total. The number of benzene rings is 1. The van der Waals surface area contributed by atoms with Crippen molar-refractivity contribution in [3.63, 3.8) is 0 Å². The number of nitrogens with zero attached hydrogens (tertiary/aromatic N) is 1. The minimum atomic E-state index is 0.882. The van der Waals surface area contributed by atoms with Crippen molar-refractivity contribution in [2.75, 3.05) is 19.0 Å². The third-order valence-electron chi connectivity index (χ3n) is 2.85. The third kappa shape index (κ3) is 2.18. The second kappa shape index (κ2) is 4.62. The van der Waals surface area contributed by atoms with Gasteiger partial charge >= 0.3 is 0 Å². The van der Waals surface area contributed by atoms with Crippen LogP contribution < -0.4 is 10.1 Å². The molecule has 2 aromatic rings. The molecule has 1 aromatic heterocycles. The molecule has 0 saturated carbocycles. The Labute approximate surface area is 102 Å². The molecule has 2 rings (SSSR count). The van der Waals surface area contributed by atoms with E-state index in [0.717, 1.165) is 40.1 Å². The molecule has 0 radical (unpaired) electrons. The Morgan fingerprint density at radius 1 is 1.18 bits per heavy atom. The topological polar surface area (TPSA) is 34.2 Å². The smallest absolute Gasteiger partial charge is 0.129 e. The maximum atomic E-state index is 5.28. The molecule has 0 aliphatic rings. The van der Waals surface area contributed by atoms with E-state index < -0.39 is 0 Å². The Bertz CT molecular complexity index is 549. The van der Waals surface area contributed by atoms with Gasteiger partial charge in [-0.15, -0.1) is 0 Å². The lowest BCUT2D eigenvalue weighted by atomic mass is 10.1. The van der Waals surface area contributed by atoms with Crippen LogP contribution in [-0.2, 0) is 0 Å². The quantitative estimate of drug-likeness (QED) is 0.878. The number of anilines is 1. The van der Waals surface area contributed by atoms with E-state index in [2.05, 4.69) is 37.1 Å². The summed E-state index contributed by atoms with van der Waals surface area (Å²) >= 11 is 0. The van der Waals surface area contributed by atoms with Crippen molar-refractivity contribution in [2.24, 2.45) is 0 Å². The number of fused-ring (bicyclic) bond motifs is 1. The van der Waals surface area contributed by atoms with Crippen LogP contribution in [0.4, 0.5) is 5.82 Å². The van der Waals surface area contributed by atoms with Crippen LogP contribution in [-0.4, -0.2) is 18.6 Å². The van der Waals surface area contributed by atoms with Gasteiger partial charge in [-0.05, 0) is 50.1 Å². The highest BCUT2D eigenvalue weighted by Gasteiger charge is 2.06. The second-order valence-corrected chi connectivity index (χ2v) is 4.20. The molecule has 0 amide bonds. The van der Waals surface area contributed by atoms with Gasteiger partial charge in [0.15, 0.2) is 0 Å². The Hall–Kier alpha value is -1.77. The Kier molecular flexibility index (Phi) is 3.18. The van der Waals surface area contributed by atoms with Crippen LogP contribution in [0.3, 0.4) is 0 Å². The van der Waals surface area contributed by atoms with E-state index in [4.69, 9.17) is 4.74 Å². The third-order valence-corrected chi connectivity index (χ3v) is 2.85. The first-order valence-electron chi connectivity index (χ1n) is 5.85. The van der Waals surface area contributed by atoms with E-state index >= 15 is 0 Å². The fourth-order valence-corrected chi connectivity index (χ4v) is 2.00. The normalized spacial score (nSPS) is 10.6. The number of ether oxygens (including phenoxy) is 1. The average molecular weight is 230 g/mol. The lowest BCUT2D eigenvalue weighted by Gasteiger charge is -2.11. The number of aromatic nitrogens is 1. The molecule has 0 fully saturated rings. The minimum absolute atomic E-state index is 0.882. The van der Waals surface area contributed by atoms with Crippen molar-refractivity contribution in [2.45, 2.75) is 20.8 Å². The number of pyridine rings is 1. The highest BCUT2D eigenvalue weighted by Crippen LogP contribution is 2.26. The van der Waals surface area contributed by atoms with E-state index in [1.807, 2.05) is 12.1 Å². The lowest BCUT2D eigenvalue weighted by Crippen LogP contribution is -2.02. The first-order chi connectivity index (χ1) is 8.15. The summed E-state index contributed by atoms with van der Waals surface area (Å²) in [4.78, 5) is 4.67. The molecule has 1 heterocycles. The molecule has 0 unspecified atom stereocenters. The van der Waals surface area contributed by atoms with Crippen LogP contribution in [0.25, 0.3) is 10.9 Å². The first-order valence-corrected chi connectivity index (χ1v) is 5.85. The van der Waals surface area contributed by atoms with Gasteiger partial charge in [0.2, 0.25) is 0 Å². The summed E-state index contributed by atoms with van der Waals surface area (Å²) in [5, 5.41) is 4.41. The summed E-state index contributed by atoms with van der Waals surface area (Å²) in [5.41, 5.74) is 3.33. The van der Waals surface area contributed by atoms with Gasteiger partial charge in [0.25, 0.3) is 0 Å². The fourth-order valence-electron chi connectivity index (χ4n) is 2.00.